The van der Waals surface area contributed by atoms with Crippen LogP contribution in [0.2, 0.25) is 5.02 Å². The maximum absolute atomic E-state index is 14.0. The predicted octanol–water partition coefficient (Wildman–Crippen LogP) is 4.30. The fraction of sp³-hybridized carbons (Fsp3) is 0.350. The van der Waals surface area contributed by atoms with E-state index in [-0.39, 0.29) is 26.9 Å². The van der Waals surface area contributed by atoms with Gasteiger partial charge in [-0.2, -0.15) is 4.31 Å². The molecule has 1 N–H and O–H groups in total. The number of nitrogens with one attached hydrogen (secondary N) is 1. The number of nitrogens with zero attached hydrogens (tertiary/aromatic N) is 1. The highest BCUT2D eigenvalue weighted by Gasteiger charge is 2.27. The van der Waals surface area contributed by atoms with Gasteiger partial charge in [-0.1, -0.05) is 24.4 Å². The number of sulfonamides is 1. The Morgan fingerprint density at radius 2 is 1.79 bits per heavy atom. The molecule has 1 fully saturated rings. The van der Waals surface area contributed by atoms with Crippen molar-refractivity contribution < 1.29 is 22.3 Å². The number of hydrogen-bond acceptors (Lipinski definition) is 4. The van der Waals surface area contributed by atoms with Crippen LogP contribution in [0.25, 0.3) is 0 Å². The zero-order chi connectivity index (χ0) is 21.0. The van der Waals surface area contributed by atoms with Crippen molar-refractivity contribution >= 4 is 33.2 Å². The van der Waals surface area contributed by atoms with E-state index in [1.807, 2.05) is 0 Å². The Morgan fingerprint density at radius 1 is 1.10 bits per heavy atom. The molecular weight excluding hydrogens is 419 g/mol. The van der Waals surface area contributed by atoms with Crippen LogP contribution in [-0.2, 0) is 10.0 Å². The van der Waals surface area contributed by atoms with Crippen molar-refractivity contribution in [3.05, 3.63) is 52.8 Å². The molecule has 3 rings (SSSR count). The molecule has 1 heterocycles. The van der Waals surface area contributed by atoms with Gasteiger partial charge in [0.1, 0.15) is 11.6 Å². The van der Waals surface area contributed by atoms with Gasteiger partial charge < -0.3 is 10.1 Å². The lowest BCUT2D eigenvalue weighted by atomic mass is 10.1. The van der Waals surface area contributed by atoms with E-state index in [9.17, 15) is 17.6 Å². The summed E-state index contributed by atoms with van der Waals surface area (Å²) in [6.07, 6.45) is 3.59. The lowest BCUT2D eigenvalue weighted by Crippen LogP contribution is -2.32. The SMILES string of the molecule is COc1ccc(S(=O)(=O)N2CCCCCC2)cc1C(=O)Nc1cc(Cl)ccc1F. The van der Waals surface area contributed by atoms with Gasteiger partial charge in [-0.3, -0.25) is 4.79 Å². The van der Waals surface area contributed by atoms with Gasteiger partial charge >= 0.3 is 0 Å². The molecule has 29 heavy (non-hydrogen) atoms. The lowest BCUT2D eigenvalue weighted by molar-refractivity contribution is 0.102. The minimum atomic E-state index is -3.75. The molecule has 0 atom stereocenters. The third-order valence-corrected chi connectivity index (χ3v) is 6.92. The minimum absolute atomic E-state index is 0.00286. The Labute approximate surface area is 174 Å². The number of hydrogen-bond donors (Lipinski definition) is 1. The van der Waals surface area contributed by atoms with Gasteiger partial charge in [0.25, 0.3) is 5.91 Å². The number of carbonyl (C=O) groups excluding carboxylic acids is 1. The Morgan fingerprint density at radius 3 is 2.45 bits per heavy atom. The van der Waals surface area contributed by atoms with E-state index in [0.717, 1.165) is 31.7 Å². The molecule has 0 radical (unpaired) electrons. The summed E-state index contributed by atoms with van der Waals surface area (Å²) < 4.78 is 46.7. The normalized spacial score (nSPS) is 15.6. The van der Waals surface area contributed by atoms with Crippen LogP contribution < -0.4 is 10.1 Å². The van der Waals surface area contributed by atoms with Crippen LogP contribution in [0.3, 0.4) is 0 Å². The minimum Gasteiger partial charge on any atom is -0.496 e. The third kappa shape index (κ3) is 4.88. The second-order valence-electron chi connectivity index (χ2n) is 6.76. The highest BCUT2D eigenvalue weighted by atomic mass is 35.5. The van der Waals surface area contributed by atoms with Crippen molar-refractivity contribution in [2.24, 2.45) is 0 Å². The molecule has 156 valence electrons. The van der Waals surface area contributed by atoms with Gasteiger partial charge in [0.2, 0.25) is 10.0 Å². The van der Waals surface area contributed by atoms with Crippen LogP contribution in [0.4, 0.5) is 10.1 Å². The van der Waals surface area contributed by atoms with Crippen LogP contribution in [0.1, 0.15) is 36.0 Å². The zero-order valence-electron chi connectivity index (χ0n) is 16.0. The Hall–Kier alpha value is -2.16. The van der Waals surface area contributed by atoms with Gasteiger partial charge in [0.05, 0.1) is 23.3 Å². The van der Waals surface area contributed by atoms with Gasteiger partial charge in [-0.05, 0) is 49.2 Å². The summed E-state index contributed by atoms with van der Waals surface area (Å²) in [6, 6.07) is 7.87. The molecule has 2 aromatic carbocycles. The molecule has 2 aromatic rings. The van der Waals surface area contributed by atoms with E-state index in [0.29, 0.717) is 13.1 Å². The molecule has 6 nitrogen and oxygen atoms in total. The lowest BCUT2D eigenvalue weighted by Gasteiger charge is -2.20. The number of anilines is 1. The first-order chi connectivity index (χ1) is 13.8. The predicted molar refractivity (Wildman–Crippen MR) is 110 cm³/mol. The molecule has 0 bridgehead atoms. The maximum Gasteiger partial charge on any atom is 0.259 e. The molecule has 0 aromatic heterocycles. The average molecular weight is 441 g/mol. The summed E-state index contributed by atoms with van der Waals surface area (Å²) in [4.78, 5) is 12.8. The highest BCUT2D eigenvalue weighted by Crippen LogP contribution is 2.28. The topological polar surface area (TPSA) is 75.7 Å². The summed E-state index contributed by atoms with van der Waals surface area (Å²) >= 11 is 5.86. The summed E-state index contributed by atoms with van der Waals surface area (Å²) in [6.45, 7) is 0.896. The number of benzene rings is 2. The first-order valence-corrected chi connectivity index (χ1v) is 11.1. The quantitative estimate of drug-likeness (QED) is 0.751. The van der Waals surface area contributed by atoms with Crippen LogP contribution in [-0.4, -0.2) is 38.8 Å². The fourth-order valence-electron chi connectivity index (χ4n) is 3.24. The van der Waals surface area contributed by atoms with Crippen LogP contribution in [0, 0.1) is 5.82 Å². The molecule has 0 unspecified atom stereocenters. The molecule has 0 saturated carbocycles. The van der Waals surface area contributed by atoms with Gasteiger partial charge in [0.15, 0.2) is 0 Å². The summed E-state index contributed by atoms with van der Waals surface area (Å²) in [5.74, 6) is -1.18. The molecular formula is C20H22ClFN2O4S. The van der Waals surface area contributed by atoms with E-state index in [1.54, 1.807) is 0 Å². The van der Waals surface area contributed by atoms with Crippen molar-refractivity contribution in [2.75, 3.05) is 25.5 Å². The molecule has 1 aliphatic heterocycles. The standard InChI is InChI=1S/C20H22ClFN2O4S/c1-28-19-9-7-15(29(26,27)24-10-4-2-3-5-11-24)13-16(19)20(25)23-18-12-14(21)6-8-17(18)22/h6-9,12-13H,2-5,10-11H2,1H3,(H,23,25). The second-order valence-corrected chi connectivity index (χ2v) is 9.13. The van der Waals surface area contributed by atoms with Crippen LogP contribution >= 0.6 is 11.6 Å². The first kappa shape index (κ1) is 21.5. The molecule has 1 aliphatic rings. The zero-order valence-corrected chi connectivity index (χ0v) is 17.5. The fourth-order valence-corrected chi connectivity index (χ4v) is 4.95. The van der Waals surface area contributed by atoms with E-state index in [2.05, 4.69) is 5.32 Å². The monoisotopic (exact) mass is 440 g/mol. The van der Waals surface area contributed by atoms with Crippen LogP contribution in [0.5, 0.6) is 5.75 Å². The number of halogens is 2. The number of carbonyl (C=O) groups is 1. The number of ether oxygens (including phenoxy) is 1. The Kier molecular flexibility index (Phi) is 6.77. The Bertz CT molecular complexity index is 1010. The summed E-state index contributed by atoms with van der Waals surface area (Å²) in [5, 5.41) is 2.68. The average Bonchev–Trinajstić information content (AvgIpc) is 3.00. The van der Waals surface area contributed by atoms with Crippen molar-refractivity contribution in [3.8, 4) is 5.75 Å². The van der Waals surface area contributed by atoms with Crippen molar-refractivity contribution in [2.45, 2.75) is 30.6 Å². The number of rotatable bonds is 5. The maximum atomic E-state index is 14.0. The van der Waals surface area contributed by atoms with Gasteiger partial charge in [-0.25, -0.2) is 12.8 Å². The number of methoxy groups -OCH3 is 1. The van der Waals surface area contributed by atoms with Crippen LogP contribution in [0.15, 0.2) is 41.3 Å². The number of amides is 1. The van der Waals surface area contributed by atoms with Crippen molar-refractivity contribution in [1.29, 1.82) is 0 Å². The molecule has 1 saturated heterocycles. The first-order valence-electron chi connectivity index (χ1n) is 9.27. The molecule has 0 aliphatic carbocycles. The molecule has 1 amide bonds. The van der Waals surface area contributed by atoms with Gasteiger partial charge in [0, 0.05) is 18.1 Å². The highest BCUT2D eigenvalue weighted by molar-refractivity contribution is 7.89. The van der Waals surface area contributed by atoms with E-state index in [4.69, 9.17) is 16.3 Å². The third-order valence-electron chi connectivity index (χ3n) is 4.79. The van der Waals surface area contributed by atoms with E-state index >= 15 is 0 Å². The summed E-state index contributed by atoms with van der Waals surface area (Å²) in [7, 11) is -2.38. The summed E-state index contributed by atoms with van der Waals surface area (Å²) in [5.41, 5.74) is -0.117. The van der Waals surface area contributed by atoms with E-state index < -0.39 is 21.7 Å². The van der Waals surface area contributed by atoms with Crippen molar-refractivity contribution in [3.63, 3.8) is 0 Å². The van der Waals surface area contributed by atoms with E-state index in [1.165, 1.54) is 41.7 Å². The Balaban J connectivity index is 1.94. The second kappa shape index (κ2) is 9.11. The van der Waals surface area contributed by atoms with Gasteiger partial charge in [-0.15, -0.1) is 0 Å². The smallest absolute Gasteiger partial charge is 0.259 e. The van der Waals surface area contributed by atoms with Crippen molar-refractivity contribution in [1.82, 2.24) is 4.31 Å². The molecule has 9 heteroatoms. The largest absolute Gasteiger partial charge is 0.496 e. The molecule has 0 spiro atoms.